The lowest BCUT2D eigenvalue weighted by molar-refractivity contribution is 0.0949. The van der Waals surface area contributed by atoms with Crippen LogP contribution in [-0.4, -0.2) is 25.5 Å². The van der Waals surface area contributed by atoms with Gasteiger partial charge in [0.2, 0.25) is 0 Å². The first kappa shape index (κ1) is 18.8. The molecule has 5 rings (SSSR count). The van der Waals surface area contributed by atoms with Crippen molar-refractivity contribution in [1.82, 2.24) is 24.9 Å². The van der Waals surface area contributed by atoms with Crippen LogP contribution >= 0.6 is 0 Å². The molecule has 0 aliphatic rings. The highest BCUT2D eigenvalue weighted by Crippen LogP contribution is 2.29. The molecular formula is C23H19N5O3. The minimum Gasteiger partial charge on any atom is -0.489 e. The number of aryl methyl sites for hydroxylation is 1. The van der Waals surface area contributed by atoms with Gasteiger partial charge in [-0.15, -0.1) is 10.2 Å². The molecule has 0 bridgehead atoms. The molecule has 0 aliphatic carbocycles. The van der Waals surface area contributed by atoms with Gasteiger partial charge in [0.1, 0.15) is 23.7 Å². The Morgan fingerprint density at radius 2 is 2.00 bits per heavy atom. The average Bonchev–Trinajstić information content (AvgIpc) is 3.36. The number of benzene rings is 2. The summed E-state index contributed by atoms with van der Waals surface area (Å²) >= 11 is 0. The molecule has 3 heterocycles. The Hall–Kier alpha value is -4.20. The molecule has 0 saturated carbocycles. The van der Waals surface area contributed by atoms with Crippen LogP contribution in [0.15, 0.2) is 71.4 Å². The van der Waals surface area contributed by atoms with Gasteiger partial charge in [-0.25, -0.2) is 4.98 Å². The number of furan rings is 1. The zero-order chi connectivity index (χ0) is 21.2. The minimum atomic E-state index is -0.253. The van der Waals surface area contributed by atoms with Gasteiger partial charge in [-0.3, -0.25) is 9.20 Å². The van der Waals surface area contributed by atoms with Crippen LogP contribution in [0, 0.1) is 6.92 Å². The topological polar surface area (TPSA) is 94.5 Å². The molecule has 154 valence electrons. The summed E-state index contributed by atoms with van der Waals surface area (Å²) in [6.45, 7) is 2.43. The number of carbonyl (C=O) groups is 1. The summed E-state index contributed by atoms with van der Waals surface area (Å²) in [5, 5.41) is 11.7. The molecule has 0 spiro atoms. The van der Waals surface area contributed by atoms with E-state index in [1.54, 1.807) is 29.8 Å². The fourth-order valence-corrected chi connectivity index (χ4v) is 3.47. The highest BCUT2D eigenvalue weighted by Gasteiger charge is 2.19. The summed E-state index contributed by atoms with van der Waals surface area (Å²) in [5.74, 6) is 2.03. The van der Waals surface area contributed by atoms with Crippen molar-refractivity contribution < 1.29 is 13.9 Å². The van der Waals surface area contributed by atoms with Crippen molar-refractivity contribution >= 4 is 22.7 Å². The molecule has 3 aromatic heterocycles. The van der Waals surface area contributed by atoms with Gasteiger partial charge in [0.05, 0.1) is 12.1 Å². The monoisotopic (exact) mass is 413 g/mol. The van der Waals surface area contributed by atoms with Crippen molar-refractivity contribution in [1.29, 1.82) is 0 Å². The molecule has 1 N–H and O–H groups in total. The van der Waals surface area contributed by atoms with E-state index < -0.39 is 0 Å². The van der Waals surface area contributed by atoms with E-state index in [0.717, 1.165) is 5.56 Å². The molecule has 0 unspecified atom stereocenters. The molecule has 2 aromatic carbocycles. The van der Waals surface area contributed by atoms with Gasteiger partial charge in [0.25, 0.3) is 11.7 Å². The molecule has 5 aromatic rings. The van der Waals surface area contributed by atoms with Gasteiger partial charge >= 0.3 is 0 Å². The number of nitrogens with one attached hydrogen (secondary N) is 1. The summed E-state index contributed by atoms with van der Waals surface area (Å²) in [5.41, 5.74) is 2.18. The predicted molar refractivity (Wildman–Crippen MR) is 114 cm³/mol. The van der Waals surface area contributed by atoms with Crippen LogP contribution in [0.5, 0.6) is 5.75 Å². The van der Waals surface area contributed by atoms with Crippen molar-refractivity contribution in [2.75, 3.05) is 0 Å². The average molecular weight is 413 g/mol. The van der Waals surface area contributed by atoms with E-state index >= 15 is 0 Å². The Labute approximate surface area is 177 Å². The second-order valence-electron chi connectivity index (χ2n) is 7.05. The van der Waals surface area contributed by atoms with Crippen molar-refractivity contribution in [3.05, 3.63) is 89.7 Å². The number of hydrogen-bond donors (Lipinski definition) is 1. The summed E-state index contributed by atoms with van der Waals surface area (Å²) in [7, 11) is 0. The zero-order valence-electron chi connectivity index (χ0n) is 16.8. The van der Waals surface area contributed by atoms with Crippen LogP contribution in [0.2, 0.25) is 0 Å². The second kappa shape index (κ2) is 7.91. The molecular weight excluding hydrogens is 394 g/mol. The van der Waals surface area contributed by atoms with Crippen LogP contribution in [0.1, 0.15) is 27.5 Å². The molecule has 8 nitrogen and oxygen atoms in total. The van der Waals surface area contributed by atoms with Crippen LogP contribution in [0.4, 0.5) is 0 Å². The Bertz CT molecular complexity index is 1370. The molecule has 0 radical (unpaired) electrons. The fraction of sp³-hybridized carbons (Fsp3) is 0.130. The van der Waals surface area contributed by atoms with Gasteiger partial charge < -0.3 is 14.5 Å². The van der Waals surface area contributed by atoms with Gasteiger partial charge in [-0.2, -0.15) is 0 Å². The Kier molecular flexibility index (Phi) is 4.80. The van der Waals surface area contributed by atoms with E-state index in [1.165, 1.54) is 0 Å². The van der Waals surface area contributed by atoms with Crippen LogP contribution in [0.25, 0.3) is 16.7 Å². The van der Waals surface area contributed by atoms with Crippen molar-refractivity contribution in [2.45, 2.75) is 20.1 Å². The van der Waals surface area contributed by atoms with E-state index in [-0.39, 0.29) is 12.5 Å². The van der Waals surface area contributed by atoms with E-state index in [4.69, 9.17) is 9.15 Å². The number of nitrogens with zero attached hydrogens (tertiary/aromatic N) is 4. The molecule has 0 saturated heterocycles. The van der Waals surface area contributed by atoms with Crippen LogP contribution in [0.3, 0.4) is 0 Å². The molecule has 31 heavy (non-hydrogen) atoms. The number of rotatable bonds is 6. The minimum absolute atomic E-state index is 0.210. The number of carbonyl (C=O) groups excluding carboxylic acids is 1. The molecule has 0 aliphatic heterocycles. The quantitative estimate of drug-likeness (QED) is 0.456. The fourth-order valence-electron chi connectivity index (χ4n) is 3.47. The number of amides is 1. The van der Waals surface area contributed by atoms with Gasteiger partial charge in [-0.1, -0.05) is 30.3 Å². The molecule has 1 amide bonds. The highest BCUT2D eigenvalue weighted by atomic mass is 16.5. The summed E-state index contributed by atoms with van der Waals surface area (Å²) in [6, 6.07) is 17.2. The van der Waals surface area contributed by atoms with Crippen molar-refractivity contribution in [3.63, 3.8) is 0 Å². The third kappa shape index (κ3) is 3.71. The lowest BCUT2D eigenvalue weighted by atomic mass is 10.1. The number of aromatic nitrogens is 4. The normalized spacial score (nSPS) is 11.1. The smallest absolute Gasteiger partial charge is 0.255 e. The van der Waals surface area contributed by atoms with E-state index in [1.807, 2.05) is 48.5 Å². The number of ether oxygens (including phenoxy) is 1. The van der Waals surface area contributed by atoms with E-state index in [9.17, 15) is 4.79 Å². The molecule has 8 heteroatoms. The SMILES string of the molecule is Cc1oc2ccc(OCc3ccccc3)cc2c1C(=O)NCc1nnc2ncccn12. The third-order valence-corrected chi connectivity index (χ3v) is 4.98. The van der Waals surface area contributed by atoms with E-state index in [2.05, 4.69) is 20.5 Å². The Morgan fingerprint density at radius 3 is 2.87 bits per heavy atom. The zero-order valence-corrected chi connectivity index (χ0v) is 16.8. The first-order chi connectivity index (χ1) is 15.2. The third-order valence-electron chi connectivity index (χ3n) is 4.98. The Balaban J connectivity index is 1.36. The summed E-state index contributed by atoms with van der Waals surface area (Å²) < 4.78 is 13.4. The molecule has 0 atom stereocenters. The highest BCUT2D eigenvalue weighted by molar-refractivity contribution is 6.07. The first-order valence-corrected chi connectivity index (χ1v) is 9.82. The van der Waals surface area contributed by atoms with Gasteiger partial charge in [0, 0.05) is 17.8 Å². The summed E-state index contributed by atoms with van der Waals surface area (Å²) in [4.78, 5) is 17.1. The van der Waals surface area contributed by atoms with Gasteiger partial charge in [0.15, 0.2) is 5.82 Å². The summed E-state index contributed by atoms with van der Waals surface area (Å²) in [6.07, 6.45) is 3.45. The maximum atomic E-state index is 13.0. The maximum absolute atomic E-state index is 13.0. The number of fused-ring (bicyclic) bond motifs is 2. The first-order valence-electron chi connectivity index (χ1n) is 9.82. The number of hydrogen-bond acceptors (Lipinski definition) is 6. The van der Waals surface area contributed by atoms with E-state index in [0.29, 0.717) is 46.3 Å². The standard InChI is InChI=1S/C23H19N5O3/c1-15-21(22(29)25-13-20-26-27-23-24-10-5-11-28(20)23)18-12-17(8-9-19(18)31-15)30-14-16-6-3-2-4-7-16/h2-12H,13-14H2,1H3,(H,25,29). The van der Waals surface area contributed by atoms with Gasteiger partial charge in [-0.05, 0) is 36.8 Å². The lowest BCUT2D eigenvalue weighted by Crippen LogP contribution is -2.24. The lowest BCUT2D eigenvalue weighted by Gasteiger charge is -2.07. The molecule has 0 fully saturated rings. The predicted octanol–water partition coefficient (Wildman–Crippen LogP) is 3.69. The van der Waals surface area contributed by atoms with Crippen molar-refractivity contribution in [3.8, 4) is 5.75 Å². The largest absolute Gasteiger partial charge is 0.489 e. The maximum Gasteiger partial charge on any atom is 0.255 e. The van der Waals surface area contributed by atoms with Crippen LogP contribution in [-0.2, 0) is 13.2 Å². The second-order valence-corrected chi connectivity index (χ2v) is 7.05. The Morgan fingerprint density at radius 1 is 1.13 bits per heavy atom. The van der Waals surface area contributed by atoms with Crippen molar-refractivity contribution in [2.24, 2.45) is 0 Å². The van der Waals surface area contributed by atoms with Crippen LogP contribution < -0.4 is 10.1 Å².